The Kier molecular flexibility index (Phi) is 5.89. The van der Waals surface area contributed by atoms with Gasteiger partial charge in [0.15, 0.2) is 9.04 Å². The Balaban J connectivity index is 2.04. The lowest BCUT2D eigenvalue weighted by Crippen LogP contribution is -2.35. The zero-order valence-corrected chi connectivity index (χ0v) is 16.0. The monoisotopic (exact) mass is 351 g/mol. The van der Waals surface area contributed by atoms with Gasteiger partial charge in [0.05, 0.1) is 12.3 Å². The van der Waals surface area contributed by atoms with Gasteiger partial charge in [0.1, 0.15) is 18.5 Å². The van der Waals surface area contributed by atoms with Crippen LogP contribution in [-0.2, 0) is 9.22 Å². The number of anilines is 1. The van der Waals surface area contributed by atoms with Crippen LogP contribution in [0.2, 0.25) is 13.1 Å². The van der Waals surface area contributed by atoms with Crippen molar-refractivity contribution in [1.29, 1.82) is 0 Å². The lowest BCUT2D eigenvalue weighted by molar-refractivity contribution is -0.105. The van der Waals surface area contributed by atoms with Crippen molar-refractivity contribution in [3.05, 3.63) is 12.5 Å². The standard InChI is InChI=1S/C15H25N5O3Si/c1-15(2,3)12(23-24(4)5)6-7-22-20-9-17-11-8-16-14(18-10-21)19-13(11)20/h8-10,12,24H,6-7H2,1-5H3,(H,16,18,19,21). The van der Waals surface area contributed by atoms with Gasteiger partial charge < -0.3 is 9.26 Å². The Morgan fingerprint density at radius 1 is 1.38 bits per heavy atom. The van der Waals surface area contributed by atoms with Crippen LogP contribution in [0.5, 0.6) is 0 Å². The van der Waals surface area contributed by atoms with Gasteiger partial charge in [0.25, 0.3) is 0 Å². The van der Waals surface area contributed by atoms with Crippen molar-refractivity contribution < 1.29 is 14.1 Å². The zero-order valence-electron chi connectivity index (χ0n) is 14.8. The molecule has 0 radical (unpaired) electrons. The number of amides is 1. The van der Waals surface area contributed by atoms with Gasteiger partial charge in [-0.25, -0.2) is 9.97 Å². The highest BCUT2D eigenvalue weighted by Gasteiger charge is 2.26. The Morgan fingerprint density at radius 3 is 2.75 bits per heavy atom. The number of hydrogen-bond acceptors (Lipinski definition) is 6. The van der Waals surface area contributed by atoms with Gasteiger partial charge in [0.2, 0.25) is 18.0 Å². The van der Waals surface area contributed by atoms with Crippen molar-refractivity contribution in [1.82, 2.24) is 19.7 Å². The fourth-order valence-electron chi connectivity index (χ4n) is 2.30. The molecule has 8 nitrogen and oxygen atoms in total. The lowest BCUT2D eigenvalue weighted by Gasteiger charge is -2.32. The summed E-state index contributed by atoms with van der Waals surface area (Å²) >= 11 is 0. The molecule has 0 saturated heterocycles. The highest BCUT2D eigenvalue weighted by molar-refractivity contribution is 6.48. The third-order valence-corrected chi connectivity index (χ3v) is 4.33. The highest BCUT2D eigenvalue weighted by Crippen LogP contribution is 2.25. The van der Waals surface area contributed by atoms with Gasteiger partial charge in [-0.05, 0) is 18.5 Å². The van der Waals surface area contributed by atoms with Crippen LogP contribution in [0.3, 0.4) is 0 Å². The first-order valence-corrected chi connectivity index (χ1v) is 10.8. The fraction of sp³-hybridized carbons (Fsp3) is 0.600. The number of imidazole rings is 1. The predicted molar refractivity (Wildman–Crippen MR) is 94.3 cm³/mol. The van der Waals surface area contributed by atoms with Gasteiger partial charge in [-0.1, -0.05) is 20.8 Å². The fourth-order valence-corrected chi connectivity index (χ4v) is 3.50. The van der Waals surface area contributed by atoms with Crippen molar-refractivity contribution in [3.8, 4) is 0 Å². The van der Waals surface area contributed by atoms with Crippen LogP contribution in [-0.4, -0.2) is 47.8 Å². The second kappa shape index (κ2) is 7.71. The molecule has 9 heteroatoms. The third-order valence-electron chi connectivity index (χ3n) is 3.46. The summed E-state index contributed by atoms with van der Waals surface area (Å²) in [7, 11) is -1.12. The first kappa shape index (κ1) is 18.3. The Bertz CT molecular complexity index is 683. The van der Waals surface area contributed by atoms with E-state index >= 15 is 0 Å². The molecule has 0 saturated carbocycles. The van der Waals surface area contributed by atoms with Crippen LogP contribution in [0.1, 0.15) is 27.2 Å². The molecular formula is C15H25N5O3Si. The van der Waals surface area contributed by atoms with Crippen LogP contribution in [0.15, 0.2) is 12.5 Å². The topological polar surface area (TPSA) is 91.2 Å². The number of aromatic nitrogens is 4. The molecule has 24 heavy (non-hydrogen) atoms. The molecule has 0 aliphatic rings. The molecule has 0 aliphatic carbocycles. The van der Waals surface area contributed by atoms with E-state index in [1.165, 1.54) is 4.73 Å². The van der Waals surface area contributed by atoms with E-state index in [4.69, 9.17) is 9.26 Å². The third kappa shape index (κ3) is 4.75. The molecule has 2 aromatic heterocycles. The van der Waals surface area contributed by atoms with Gasteiger partial charge in [0, 0.05) is 6.42 Å². The Morgan fingerprint density at radius 2 is 2.12 bits per heavy atom. The second-order valence-corrected chi connectivity index (χ2v) is 9.27. The van der Waals surface area contributed by atoms with E-state index < -0.39 is 9.04 Å². The number of nitrogens with zero attached hydrogens (tertiary/aromatic N) is 4. The molecule has 2 rings (SSSR count). The normalized spacial score (nSPS) is 13.2. The largest absolute Gasteiger partial charge is 0.417 e. The van der Waals surface area contributed by atoms with Crippen LogP contribution in [0.4, 0.5) is 5.95 Å². The number of nitrogens with one attached hydrogen (secondary N) is 1. The van der Waals surface area contributed by atoms with E-state index in [1.807, 2.05) is 0 Å². The summed E-state index contributed by atoms with van der Waals surface area (Å²) in [5, 5.41) is 2.42. The van der Waals surface area contributed by atoms with E-state index in [2.05, 4.69) is 54.1 Å². The SMILES string of the molecule is C[SiH](C)OC(CCOn1cnc2cnc(NC=O)nc21)C(C)(C)C. The lowest BCUT2D eigenvalue weighted by atomic mass is 9.87. The first-order chi connectivity index (χ1) is 11.3. The molecule has 1 atom stereocenters. The molecule has 0 aromatic carbocycles. The number of carbonyl (C=O) groups excluding carboxylic acids is 1. The molecule has 1 unspecified atom stereocenters. The summed E-state index contributed by atoms with van der Waals surface area (Å²) in [4.78, 5) is 28.7. The average molecular weight is 351 g/mol. The molecule has 132 valence electrons. The second-order valence-electron chi connectivity index (χ2n) is 6.90. The van der Waals surface area contributed by atoms with Crippen LogP contribution in [0.25, 0.3) is 11.2 Å². The van der Waals surface area contributed by atoms with Crippen molar-refractivity contribution in [3.63, 3.8) is 0 Å². The summed E-state index contributed by atoms with van der Waals surface area (Å²) in [5.41, 5.74) is 1.17. The summed E-state index contributed by atoms with van der Waals surface area (Å²) in [6, 6.07) is 0. The van der Waals surface area contributed by atoms with Crippen molar-refractivity contribution >= 4 is 32.6 Å². The van der Waals surface area contributed by atoms with Crippen molar-refractivity contribution in [2.75, 3.05) is 11.9 Å². The molecule has 1 amide bonds. The van der Waals surface area contributed by atoms with E-state index in [9.17, 15) is 4.79 Å². The summed E-state index contributed by atoms with van der Waals surface area (Å²) < 4.78 is 7.63. The smallest absolute Gasteiger partial charge is 0.231 e. The number of hydrogen-bond donors (Lipinski definition) is 1. The van der Waals surface area contributed by atoms with Gasteiger partial charge in [-0.2, -0.15) is 9.71 Å². The maximum atomic E-state index is 10.5. The molecule has 1 N–H and O–H groups in total. The average Bonchev–Trinajstić information content (AvgIpc) is 2.88. The zero-order chi connectivity index (χ0) is 17.7. The summed E-state index contributed by atoms with van der Waals surface area (Å²) in [5.74, 6) is 0.213. The minimum Gasteiger partial charge on any atom is -0.417 e. The van der Waals surface area contributed by atoms with E-state index in [0.717, 1.165) is 6.42 Å². The predicted octanol–water partition coefficient (Wildman–Crippen LogP) is 1.63. The van der Waals surface area contributed by atoms with Gasteiger partial charge in [-0.15, -0.1) is 0 Å². The number of rotatable bonds is 8. The number of carbonyl (C=O) groups is 1. The first-order valence-electron chi connectivity index (χ1n) is 8.00. The van der Waals surface area contributed by atoms with Crippen molar-refractivity contribution in [2.24, 2.45) is 5.41 Å². The molecule has 0 aliphatic heterocycles. The molecule has 2 aromatic rings. The Labute approximate surface area is 143 Å². The van der Waals surface area contributed by atoms with Gasteiger partial charge >= 0.3 is 0 Å². The molecule has 0 fully saturated rings. The highest BCUT2D eigenvalue weighted by atomic mass is 28.3. The number of fused-ring (bicyclic) bond motifs is 1. The minimum absolute atomic E-state index is 0.0564. The van der Waals surface area contributed by atoms with E-state index in [0.29, 0.717) is 24.2 Å². The minimum atomic E-state index is -1.12. The molecule has 0 bridgehead atoms. The maximum Gasteiger partial charge on any atom is 0.231 e. The molecule has 2 heterocycles. The van der Waals surface area contributed by atoms with Crippen LogP contribution in [0, 0.1) is 5.41 Å². The Hall–Kier alpha value is -2.00. The molecular weight excluding hydrogens is 326 g/mol. The van der Waals surface area contributed by atoms with Crippen LogP contribution < -0.4 is 10.2 Å². The van der Waals surface area contributed by atoms with E-state index in [1.54, 1.807) is 12.5 Å². The van der Waals surface area contributed by atoms with Crippen LogP contribution >= 0.6 is 0 Å². The maximum absolute atomic E-state index is 10.5. The summed E-state index contributed by atoms with van der Waals surface area (Å²) in [6.45, 7) is 11.3. The van der Waals surface area contributed by atoms with E-state index in [-0.39, 0.29) is 17.5 Å². The summed E-state index contributed by atoms with van der Waals surface area (Å²) in [6.07, 6.45) is 4.54. The van der Waals surface area contributed by atoms with Crippen molar-refractivity contribution in [2.45, 2.75) is 46.4 Å². The molecule has 0 spiro atoms. The van der Waals surface area contributed by atoms with Gasteiger partial charge in [-0.3, -0.25) is 10.1 Å². The quantitative estimate of drug-likeness (QED) is 0.574.